The number of benzene rings is 1. The van der Waals surface area contributed by atoms with Crippen LogP contribution in [0.5, 0.6) is 5.75 Å². The molecule has 2 aliphatic rings. The van der Waals surface area contributed by atoms with Crippen molar-refractivity contribution in [1.29, 1.82) is 0 Å². The normalized spacial score (nSPS) is 24.7. The van der Waals surface area contributed by atoms with Crippen LogP contribution in [0, 0.1) is 5.92 Å². The lowest BCUT2D eigenvalue weighted by atomic mass is 9.86. The van der Waals surface area contributed by atoms with E-state index in [-0.39, 0.29) is 17.3 Å². The number of carbonyl (C=O) groups excluding carboxylic acids is 1. The Labute approximate surface area is 193 Å². The fourth-order valence-corrected chi connectivity index (χ4v) is 8.10. The molecular weight excluding hydrogens is 427 g/mol. The molecule has 3 unspecified atom stereocenters. The molecule has 0 spiro atoms. The first-order chi connectivity index (χ1) is 14.6. The smallest absolute Gasteiger partial charge is 0.323 e. The van der Waals surface area contributed by atoms with Crippen LogP contribution in [-0.2, 0) is 33.3 Å². The van der Waals surface area contributed by atoms with Gasteiger partial charge >= 0.3 is 5.97 Å². The quantitative estimate of drug-likeness (QED) is 0.415. The van der Waals surface area contributed by atoms with Gasteiger partial charge in [0.15, 0.2) is 0 Å². The molecule has 1 saturated carbocycles. The summed E-state index contributed by atoms with van der Waals surface area (Å²) >= 11 is 6.24. The van der Waals surface area contributed by atoms with Crippen LogP contribution >= 0.6 is 6.57 Å². The van der Waals surface area contributed by atoms with E-state index in [0.29, 0.717) is 6.04 Å². The van der Waals surface area contributed by atoms with Crippen LogP contribution < -0.4 is 9.61 Å². The van der Waals surface area contributed by atoms with E-state index in [9.17, 15) is 4.79 Å². The fourth-order valence-electron chi connectivity index (χ4n) is 4.49. The second-order valence-corrected chi connectivity index (χ2v) is 13.6. The van der Waals surface area contributed by atoms with E-state index >= 15 is 0 Å². The number of methoxy groups -OCH3 is 1. The summed E-state index contributed by atoms with van der Waals surface area (Å²) in [5.74, 6) is 0.692. The number of hydrogen-bond donors (Lipinski definition) is 1. The molecule has 1 N–H and O–H groups in total. The summed E-state index contributed by atoms with van der Waals surface area (Å²) in [6.45, 7) is 8.96. The van der Waals surface area contributed by atoms with E-state index in [0.717, 1.165) is 31.6 Å². The van der Waals surface area contributed by atoms with Gasteiger partial charge in [0.1, 0.15) is 11.8 Å². The Bertz CT molecular complexity index is 833. The van der Waals surface area contributed by atoms with Gasteiger partial charge in [-0.25, -0.2) is 9.76 Å². The first-order valence-electron chi connectivity index (χ1n) is 11.6. The number of fused-ring (bicyclic) bond motifs is 1. The molecule has 0 amide bonds. The number of nitrogens with zero attached hydrogens (tertiary/aromatic N) is 1. The summed E-state index contributed by atoms with van der Waals surface area (Å²) in [6, 6.07) is 6.39. The van der Waals surface area contributed by atoms with E-state index < -0.39 is 12.6 Å². The van der Waals surface area contributed by atoms with E-state index in [1.54, 1.807) is 0 Å². The van der Waals surface area contributed by atoms with Gasteiger partial charge in [-0.05, 0) is 47.6 Å². The molecule has 1 heterocycles. The van der Waals surface area contributed by atoms with Gasteiger partial charge in [0, 0.05) is 18.2 Å². The Balaban J connectivity index is 1.99. The molecular formula is C24H39N2O3PS. The Hall–Kier alpha value is -0.940. The Morgan fingerprint density at radius 3 is 2.58 bits per heavy atom. The maximum atomic E-state index is 12.6. The van der Waals surface area contributed by atoms with Crippen LogP contribution in [0.25, 0.3) is 0 Å². The number of carbonyl (C=O) groups is 1. The SMILES string of the molecule is CCC(C)C(NP1(=S)Oc2ccc(C(C)(C)C)cc2CN1C1CCCCC1)C(=O)OC. The molecule has 31 heavy (non-hydrogen) atoms. The van der Waals surface area contributed by atoms with Crippen molar-refractivity contribution in [2.75, 3.05) is 7.11 Å². The minimum Gasteiger partial charge on any atom is -0.468 e. The average molecular weight is 467 g/mol. The summed E-state index contributed by atoms with van der Waals surface area (Å²) in [7, 11) is 1.44. The van der Waals surface area contributed by atoms with Crippen LogP contribution in [0.2, 0.25) is 0 Å². The molecule has 1 aromatic rings. The second-order valence-electron chi connectivity index (χ2n) is 10.1. The number of rotatable bonds is 6. The van der Waals surface area contributed by atoms with Gasteiger partial charge in [0.05, 0.1) is 7.11 Å². The third-order valence-electron chi connectivity index (χ3n) is 6.79. The van der Waals surface area contributed by atoms with E-state index in [1.807, 2.05) is 0 Å². The molecule has 1 fully saturated rings. The van der Waals surface area contributed by atoms with Crippen molar-refractivity contribution < 1.29 is 14.1 Å². The third kappa shape index (κ3) is 5.52. The predicted molar refractivity (Wildman–Crippen MR) is 131 cm³/mol. The van der Waals surface area contributed by atoms with Gasteiger partial charge in [0.2, 0.25) is 0 Å². The largest absolute Gasteiger partial charge is 0.468 e. The van der Waals surface area contributed by atoms with Crippen molar-refractivity contribution in [3.05, 3.63) is 29.3 Å². The maximum Gasteiger partial charge on any atom is 0.323 e. The topological polar surface area (TPSA) is 50.8 Å². The van der Waals surface area contributed by atoms with Gasteiger partial charge in [-0.1, -0.05) is 72.4 Å². The highest BCUT2D eigenvalue weighted by atomic mass is 32.5. The van der Waals surface area contributed by atoms with Crippen molar-refractivity contribution in [1.82, 2.24) is 9.76 Å². The van der Waals surface area contributed by atoms with Crippen LogP contribution in [0.3, 0.4) is 0 Å². The first kappa shape index (κ1) is 24.7. The van der Waals surface area contributed by atoms with Crippen molar-refractivity contribution in [2.24, 2.45) is 5.92 Å². The summed E-state index contributed by atoms with van der Waals surface area (Å²) in [6.07, 6.45) is 6.84. The standard InChI is InChI=1S/C24H39N2O3PS/c1-7-17(2)22(23(27)28-6)25-30(31)26(20-11-9-8-10-12-20)16-18-15-19(24(3,4)5)13-14-21(18)29-30/h13-15,17,20,22H,7-12,16H2,1-6H3,(H,25,31). The fraction of sp³-hybridized carbons (Fsp3) is 0.708. The van der Waals surface area contributed by atoms with Crippen molar-refractivity contribution in [2.45, 2.75) is 97.2 Å². The van der Waals surface area contributed by atoms with Gasteiger partial charge in [-0.3, -0.25) is 4.79 Å². The molecule has 0 radical (unpaired) electrons. The average Bonchev–Trinajstić information content (AvgIpc) is 2.75. The Morgan fingerprint density at radius 1 is 1.32 bits per heavy atom. The molecule has 3 atom stereocenters. The molecule has 1 aliphatic carbocycles. The second kappa shape index (κ2) is 9.91. The third-order valence-corrected chi connectivity index (χ3v) is 10.1. The van der Waals surface area contributed by atoms with Crippen LogP contribution in [-0.4, -0.2) is 29.8 Å². The Morgan fingerprint density at radius 2 is 2.00 bits per heavy atom. The van der Waals surface area contributed by atoms with Gasteiger partial charge in [0.25, 0.3) is 6.57 Å². The van der Waals surface area contributed by atoms with Gasteiger partial charge in [-0.2, -0.15) is 0 Å². The van der Waals surface area contributed by atoms with E-state index in [4.69, 9.17) is 21.1 Å². The van der Waals surface area contributed by atoms with Crippen molar-refractivity contribution in [3.8, 4) is 5.75 Å². The minimum atomic E-state index is -2.65. The summed E-state index contributed by atoms with van der Waals surface area (Å²) in [5, 5.41) is 3.52. The summed E-state index contributed by atoms with van der Waals surface area (Å²) in [4.78, 5) is 12.6. The number of nitrogens with one attached hydrogen (secondary N) is 1. The molecule has 0 bridgehead atoms. The molecule has 0 aromatic heterocycles. The Kier molecular flexibility index (Phi) is 7.89. The van der Waals surface area contributed by atoms with Crippen LogP contribution in [0.4, 0.5) is 0 Å². The zero-order chi connectivity index (χ0) is 22.8. The van der Waals surface area contributed by atoms with Crippen LogP contribution in [0.15, 0.2) is 18.2 Å². The van der Waals surface area contributed by atoms with E-state index in [1.165, 1.54) is 37.5 Å². The number of hydrogen-bond acceptors (Lipinski definition) is 4. The highest BCUT2D eigenvalue weighted by molar-refractivity contribution is 8.10. The monoisotopic (exact) mass is 466 g/mol. The molecule has 7 heteroatoms. The highest BCUT2D eigenvalue weighted by Gasteiger charge is 2.43. The minimum absolute atomic E-state index is 0.0765. The molecule has 174 valence electrons. The summed E-state index contributed by atoms with van der Waals surface area (Å²) < 4.78 is 14.1. The molecule has 5 nitrogen and oxygen atoms in total. The van der Waals surface area contributed by atoms with Crippen molar-refractivity contribution >= 4 is 24.3 Å². The summed E-state index contributed by atoms with van der Waals surface area (Å²) in [5.41, 5.74) is 2.57. The van der Waals surface area contributed by atoms with Gasteiger partial charge < -0.3 is 9.26 Å². The maximum absolute atomic E-state index is 12.6. The van der Waals surface area contributed by atoms with Crippen molar-refractivity contribution in [3.63, 3.8) is 0 Å². The molecule has 1 aliphatic heterocycles. The first-order valence-corrected chi connectivity index (χ1v) is 14.3. The van der Waals surface area contributed by atoms with Crippen LogP contribution in [0.1, 0.15) is 84.3 Å². The molecule has 3 rings (SSSR count). The highest BCUT2D eigenvalue weighted by Crippen LogP contribution is 2.56. The lowest BCUT2D eigenvalue weighted by Gasteiger charge is -2.46. The van der Waals surface area contributed by atoms with E-state index in [2.05, 4.69) is 62.6 Å². The number of ether oxygens (including phenoxy) is 1. The lowest BCUT2D eigenvalue weighted by Crippen LogP contribution is -2.48. The lowest BCUT2D eigenvalue weighted by molar-refractivity contribution is -0.144. The number of esters is 1. The zero-order valence-electron chi connectivity index (χ0n) is 19.9. The van der Waals surface area contributed by atoms with Gasteiger partial charge in [-0.15, -0.1) is 0 Å². The predicted octanol–water partition coefficient (Wildman–Crippen LogP) is 5.91. The molecule has 0 saturated heterocycles. The zero-order valence-corrected chi connectivity index (χ0v) is 21.7. The molecule has 1 aromatic carbocycles.